The van der Waals surface area contributed by atoms with Crippen LogP contribution in [0.1, 0.15) is 18.1 Å². The fourth-order valence-corrected chi connectivity index (χ4v) is 1.83. The normalized spacial score (nSPS) is 14.0. The lowest BCUT2D eigenvalue weighted by Crippen LogP contribution is -2.19. The fraction of sp³-hybridized carbons (Fsp3) is 0.455. The number of hydrogen-bond acceptors (Lipinski definition) is 6. The maximum atomic E-state index is 10.7. The first-order chi connectivity index (χ1) is 8.51. The molecule has 2 unspecified atom stereocenters. The van der Waals surface area contributed by atoms with Crippen LogP contribution in [0.25, 0.3) is 0 Å². The van der Waals surface area contributed by atoms with Crippen LogP contribution in [-0.4, -0.2) is 34.1 Å². The molecule has 0 saturated carbocycles. The standard InChI is InChI=1S/C11H15NO5S/c1-17-10-3-2-7(12(15)16)6-8(10)11(14)9(13)4-5-18/h2-3,6,9,11,13-14,18H,4-5H2,1H3. The Labute approximate surface area is 110 Å². The number of rotatable bonds is 6. The highest BCUT2D eigenvalue weighted by molar-refractivity contribution is 7.80. The minimum atomic E-state index is -1.24. The van der Waals surface area contributed by atoms with Gasteiger partial charge in [-0.1, -0.05) is 0 Å². The maximum Gasteiger partial charge on any atom is 0.270 e. The van der Waals surface area contributed by atoms with Crippen molar-refractivity contribution in [3.63, 3.8) is 0 Å². The first kappa shape index (κ1) is 14.7. The smallest absolute Gasteiger partial charge is 0.270 e. The Balaban J connectivity index is 3.10. The molecule has 0 aromatic heterocycles. The molecule has 6 nitrogen and oxygen atoms in total. The first-order valence-corrected chi connectivity index (χ1v) is 5.93. The third-order valence-corrected chi connectivity index (χ3v) is 2.79. The van der Waals surface area contributed by atoms with E-state index in [-0.39, 0.29) is 17.7 Å². The molecule has 0 aliphatic heterocycles. The van der Waals surface area contributed by atoms with Crippen molar-refractivity contribution in [2.75, 3.05) is 12.9 Å². The van der Waals surface area contributed by atoms with Gasteiger partial charge in [-0.25, -0.2) is 0 Å². The number of non-ortho nitro benzene ring substituents is 1. The van der Waals surface area contributed by atoms with Gasteiger partial charge in [0.05, 0.1) is 18.1 Å². The third-order valence-electron chi connectivity index (χ3n) is 2.53. The molecule has 7 heteroatoms. The van der Waals surface area contributed by atoms with Crippen molar-refractivity contribution in [3.05, 3.63) is 33.9 Å². The van der Waals surface area contributed by atoms with Gasteiger partial charge in [0.15, 0.2) is 0 Å². The number of nitro benzene ring substituents is 1. The highest BCUT2D eigenvalue weighted by Gasteiger charge is 2.23. The van der Waals surface area contributed by atoms with E-state index in [1.807, 2.05) is 0 Å². The van der Waals surface area contributed by atoms with Gasteiger partial charge in [-0.3, -0.25) is 10.1 Å². The minimum absolute atomic E-state index is 0.164. The summed E-state index contributed by atoms with van der Waals surface area (Å²) in [6.07, 6.45) is -2.01. The number of methoxy groups -OCH3 is 1. The maximum absolute atomic E-state index is 10.7. The summed E-state index contributed by atoms with van der Waals surface area (Å²) in [5.74, 6) is 0.696. The summed E-state index contributed by atoms with van der Waals surface area (Å²) in [5, 5.41) is 30.3. The molecule has 1 aromatic rings. The molecule has 0 heterocycles. The Bertz CT molecular complexity index is 426. The molecule has 0 spiro atoms. The molecule has 1 aromatic carbocycles. The van der Waals surface area contributed by atoms with Crippen LogP contribution in [0.4, 0.5) is 5.69 Å². The van der Waals surface area contributed by atoms with E-state index in [0.29, 0.717) is 11.5 Å². The van der Waals surface area contributed by atoms with E-state index >= 15 is 0 Å². The van der Waals surface area contributed by atoms with Gasteiger partial charge in [-0.05, 0) is 18.2 Å². The first-order valence-electron chi connectivity index (χ1n) is 5.30. The molecule has 100 valence electrons. The van der Waals surface area contributed by atoms with Crippen molar-refractivity contribution >= 4 is 18.3 Å². The van der Waals surface area contributed by atoms with Crippen molar-refractivity contribution in [2.24, 2.45) is 0 Å². The molecule has 0 aliphatic rings. The third kappa shape index (κ3) is 3.34. The van der Waals surface area contributed by atoms with Gasteiger partial charge in [0.25, 0.3) is 5.69 Å². The molecule has 2 N–H and O–H groups in total. The SMILES string of the molecule is COc1ccc([N+](=O)[O-])cc1C(O)C(O)CCS. The van der Waals surface area contributed by atoms with Crippen LogP contribution in [0.15, 0.2) is 18.2 Å². The van der Waals surface area contributed by atoms with Crippen molar-refractivity contribution < 1.29 is 19.9 Å². The van der Waals surface area contributed by atoms with Crippen LogP contribution < -0.4 is 4.74 Å². The molecule has 0 fully saturated rings. The van der Waals surface area contributed by atoms with Crippen LogP contribution >= 0.6 is 12.6 Å². The van der Waals surface area contributed by atoms with Crippen molar-refractivity contribution in [1.82, 2.24) is 0 Å². The number of hydrogen-bond donors (Lipinski definition) is 3. The average molecular weight is 273 g/mol. The van der Waals surface area contributed by atoms with Crippen LogP contribution in [0.2, 0.25) is 0 Å². The monoisotopic (exact) mass is 273 g/mol. The summed E-state index contributed by atoms with van der Waals surface area (Å²) < 4.78 is 5.02. The summed E-state index contributed by atoms with van der Waals surface area (Å²) in [7, 11) is 1.39. The number of ether oxygens (including phenoxy) is 1. The van der Waals surface area contributed by atoms with Gasteiger partial charge in [0.1, 0.15) is 11.9 Å². The summed E-state index contributed by atoms with van der Waals surface area (Å²) in [5.41, 5.74) is 0.0314. The summed E-state index contributed by atoms with van der Waals surface area (Å²) in [4.78, 5) is 10.1. The van der Waals surface area contributed by atoms with Gasteiger partial charge < -0.3 is 14.9 Å². The average Bonchev–Trinajstić information content (AvgIpc) is 2.37. The highest BCUT2D eigenvalue weighted by Crippen LogP contribution is 2.31. The molecular formula is C11H15NO5S. The largest absolute Gasteiger partial charge is 0.496 e. The molecule has 0 saturated heterocycles. The molecule has 18 heavy (non-hydrogen) atoms. The number of thiol groups is 1. The van der Waals surface area contributed by atoms with Gasteiger partial charge in [0.2, 0.25) is 0 Å². The summed E-state index contributed by atoms with van der Waals surface area (Å²) in [6.45, 7) is 0. The Kier molecular flexibility index (Phi) is 5.39. The predicted octanol–water partition coefficient (Wildman–Crippen LogP) is 1.32. The molecule has 2 atom stereocenters. The number of aliphatic hydroxyl groups excluding tert-OH is 2. The Morgan fingerprint density at radius 1 is 1.50 bits per heavy atom. The van der Waals surface area contributed by atoms with Crippen LogP contribution in [0.5, 0.6) is 5.75 Å². The Morgan fingerprint density at radius 3 is 2.67 bits per heavy atom. The lowest BCUT2D eigenvalue weighted by Gasteiger charge is -2.19. The fourth-order valence-electron chi connectivity index (χ4n) is 1.56. The molecular weight excluding hydrogens is 258 g/mol. The van der Waals surface area contributed by atoms with Crippen LogP contribution in [0.3, 0.4) is 0 Å². The summed E-state index contributed by atoms with van der Waals surface area (Å²) in [6, 6.07) is 3.87. The van der Waals surface area contributed by atoms with E-state index in [1.165, 1.54) is 25.3 Å². The second kappa shape index (κ2) is 6.58. The van der Waals surface area contributed by atoms with Crippen LogP contribution in [0, 0.1) is 10.1 Å². The number of benzene rings is 1. The quantitative estimate of drug-likeness (QED) is 0.413. The molecule has 0 aliphatic carbocycles. The van der Waals surface area contributed by atoms with Gasteiger partial charge >= 0.3 is 0 Å². The zero-order valence-electron chi connectivity index (χ0n) is 9.81. The Morgan fingerprint density at radius 2 is 2.17 bits per heavy atom. The molecule has 1 rings (SSSR count). The van der Waals surface area contributed by atoms with Crippen LogP contribution in [-0.2, 0) is 0 Å². The van der Waals surface area contributed by atoms with E-state index in [2.05, 4.69) is 12.6 Å². The lowest BCUT2D eigenvalue weighted by atomic mass is 10.0. The molecule has 0 bridgehead atoms. The van der Waals surface area contributed by atoms with Gasteiger partial charge in [-0.2, -0.15) is 12.6 Å². The predicted molar refractivity (Wildman–Crippen MR) is 69.1 cm³/mol. The lowest BCUT2D eigenvalue weighted by molar-refractivity contribution is -0.385. The topological polar surface area (TPSA) is 92.8 Å². The summed E-state index contributed by atoms with van der Waals surface area (Å²) >= 11 is 3.96. The second-order valence-electron chi connectivity index (χ2n) is 3.71. The van der Waals surface area contributed by atoms with E-state index in [9.17, 15) is 20.3 Å². The van der Waals surface area contributed by atoms with Gasteiger partial charge in [0, 0.05) is 17.7 Å². The number of nitrogens with zero attached hydrogens (tertiary/aromatic N) is 1. The van der Waals surface area contributed by atoms with Crippen molar-refractivity contribution in [2.45, 2.75) is 18.6 Å². The minimum Gasteiger partial charge on any atom is -0.496 e. The second-order valence-corrected chi connectivity index (χ2v) is 4.16. The van der Waals surface area contributed by atoms with E-state index < -0.39 is 17.1 Å². The Hall–Kier alpha value is -1.31. The molecule has 0 radical (unpaired) electrons. The van der Waals surface area contributed by atoms with E-state index in [4.69, 9.17) is 4.74 Å². The van der Waals surface area contributed by atoms with Crippen molar-refractivity contribution in [1.29, 1.82) is 0 Å². The number of nitro groups is 1. The zero-order valence-corrected chi connectivity index (χ0v) is 10.7. The molecule has 0 amide bonds. The zero-order chi connectivity index (χ0) is 13.7. The van der Waals surface area contributed by atoms with E-state index in [0.717, 1.165) is 0 Å². The van der Waals surface area contributed by atoms with E-state index in [1.54, 1.807) is 0 Å². The highest BCUT2D eigenvalue weighted by atomic mass is 32.1. The van der Waals surface area contributed by atoms with Gasteiger partial charge in [-0.15, -0.1) is 0 Å². The van der Waals surface area contributed by atoms with Crippen molar-refractivity contribution in [3.8, 4) is 5.75 Å². The number of aliphatic hydroxyl groups is 2.